The number of rotatable bonds is 7. The van der Waals surface area contributed by atoms with Crippen molar-refractivity contribution < 1.29 is 24.6 Å². The summed E-state index contributed by atoms with van der Waals surface area (Å²) in [4.78, 5) is 31.6. The van der Waals surface area contributed by atoms with Crippen LogP contribution in [0.5, 0.6) is 0 Å². The van der Waals surface area contributed by atoms with Gasteiger partial charge in [0.25, 0.3) is 0 Å². The molecule has 6 heteroatoms. The van der Waals surface area contributed by atoms with Gasteiger partial charge in [0.05, 0.1) is 0 Å². The summed E-state index contributed by atoms with van der Waals surface area (Å²) in [7, 11) is 0. The SMILES string of the molecule is CC(NC(=O)CCCCC(=O)O)C(=O)O. The Balaban J connectivity index is 3.58. The highest BCUT2D eigenvalue weighted by Crippen LogP contribution is 2.00. The Kier molecular flexibility index (Phi) is 6.08. The van der Waals surface area contributed by atoms with Crippen molar-refractivity contribution in [3.8, 4) is 0 Å². The highest BCUT2D eigenvalue weighted by molar-refractivity contribution is 5.83. The summed E-state index contributed by atoms with van der Waals surface area (Å²) in [6.45, 7) is 1.37. The third-order valence-electron chi connectivity index (χ3n) is 1.79. The molecule has 0 spiro atoms. The number of amides is 1. The fourth-order valence-electron chi connectivity index (χ4n) is 0.937. The molecule has 3 N–H and O–H groups in total. The van der Waals surface area contributed by atoms with E-state index < -0.39 is 18.0 Å². The maximum atomic E-state index is 11.1. The van der Waals surface area contributed by atoms with Gasteiger partial charge in [-0.3, -0.25) is 14.4 Å². The number of carbonyl (C=O) groups excluding carboxylic acids is 1. The third kappa shape index (κ3) is 7.48. The van der Waals surface area contributed by atoms with Gasteiger partial charge in [-0.25, -0.2) is 0 Å². The van der Waals surface area contributed by atoms with Crippen molar-refractivity contribution in [1.29, 1.82) is 0 Å². The summed E-state index contributed by atoms with van der Waals surface area (Å²) in [6, 6.07) is -0.906. The quantitative estimate of drug-likeness (QED) is 0.529. The molecule has 0 saturated carbocycles. The summed E-state index contributed by atoms with van der Waals surface area (Å²) in [5.74, 6) is -2.35. The zero-order valence-corrected chi connectivity index (χ0v) is 8.52. The van der Waals surface area contributed by atoms with Gasteiger partial charge in [-0.1, -0.05) is 0 Å². The number of carbonyl (C=O) groups is 3. The van der Waals surface area contributed by atoms with E-state index in [9.17, 15) is 14.4 Å². The largest absolute Gasteiger partial charge is 0.481 e. The molecule has 0 aromatic carbocycles. The summed E-state index contributed by atoms with van der Waals surface area (Å²) in [5.41, 5.74) is 0. The molecule has 1 unspecified atom stereocenters. The van der Waals surface area contributed by atoms with E-state index in [4.69, 9.17) is 10.2 Å². The Bertz CT molecular complexity index is 251. The average Bonchev–Trinajstić information content (AvgIpc) is 2.12. The normalized spacial score (nSPS) is 11.8. The number of carboxylic acids is 2. The first-order valence-corrected chi connectivity index (χ1v) is 4.67. The molecule has 0 saturated heterocycles. The first-order chi connectivity index (χ1) is 6.93. The van der Waals surface area contributed by atoms with Crippen molar-refractivity contribution in [3.05, 3.63) is 0 Å². The Hall–Kier alpha value is -1.59. The molecule has 0 aliphatic rings. The maximum absolute atomic E-state index is 11.1. The molecule has 6 nitrogen and oxygen atoms in total. The molecular weight excluding hydrogens is 202 g/mol. The highest BCUT2D eigenvalue weighted by atomic mass is 16.4. The minimum Gasteiger partial charge on any atom is -0.481 e. The van der Waals surface area contributed by atoms with Crippen molar-refractivity contribution >= 4 is 17.8 Å². The molecule has 0 fully saturated rings. The molecule has 0 aliphatic heterocycles. The van der Waals surface area contributed by atoms with Gasteiger partial charge in [0, 0.05) is 12.8 Å². The van der Waals surface area contributed by atoms with Crippen LogP contribution in [0.4, 0.5) is 0 Å². The van der Waals surface area contributed by atoms with Crippen LogP contribution in [0, 0.1) is 0 Å². The van der Waals surface area contributed by atoms with E-state index in [0.717, 1.165) is 0 Å². The number of unbranched alkanes of at least 4 members (excludes halogenated alkanes) is 1. The predicted octanol–water partition coefficient (Wildman–Crippen LogP) is 0.221. The lowest BCUT2D eigenvalue weighted by molar-refractivity contribution is -0.141. The standard InChI is InChI=1S/C9H15NO5/c1-6(9(14)15)10-7(11)4-2-3-5-8(12)13/h6H,2-5H2,1H3,(H,10,11)(H,12,13)(H,14,15). The van der Waals surface area contributed by atoms with Crippen LogP contribution in [-0.2, 0) is 14.4 Å². The zero-order chi connectivity index (χ0) is 11.8. The Labute approximate surface area is 87.3 Å². The monoisotopic (exact) mass is 217 g/mol. The van der Waals surface area contributed by atoms with E-state index in [0.29, 0.717) is 12.8 Å². The number of hydrogen-bond acceptors (Lipinski definition) is 3. The lowest BCUT2D eigenvalue weighted by Gasteiger charge is -2.08. The van der Waals surface area contributed by atoms with Crippen molar-refractivity contribution in [2.24, 2.45) is 0 Å². The molecule has 1 atom stereocenters. The number of nitrogens with one attached hydrogen (secondary N) is 1. The molecule has 0 bridgehead atoms. The Morgan fingerprint density at radius 3 is 2.13 bits per heavy atom. The molecule has 0 rings (SSSR count). The predicted molar refractivity (Wildman–Crippen MR) is 51.3 cm³/mol. The lowest BCUT2D eigenvalue weighted by Crippen LogP contribution is -2.38. The highest BCUT2D eigenvalue weighted by Gasteiger charge is 2.13. The van der Waals surface area contributed by atoms with Crippen LogP contribution in [0.25, 0.3) is 0 Å². The molecule has 15 heavy (non-hydrogen) atoms. The average molecular weight is 217 g/mol. The van der Waals surface area contributed by atoms with Crippen LogP contribution >= 0.6 is 0 Å². The van der Waals surface area contributed by atoms with Crippen LogP contribution in [0.3, 0.4) is 0 Å². The van der Waals surface area contributed by atoms with Gasteiger partial charge in [0.2, 0.25) is 5.91 Å². The van der Waals surface area contributed by atoms with Gasteiger partial charge < -0.3 is 15.5 Å². The van der Waals surface area contributed by atoms with Gasteiger partial charge >= 0.3 is 11.9 Å². The smallest absolute Gasteiger partial charge is 0.325 e. The second kappa shape index (κ2) is 6.80. The van der Waals surface area contributed by atoms with E-state index in [1.807, 2.05) is 0 Å². The summed E-state index contributed by atoms with van der Waals surface area (Å²) in [5, 5.41) is 19.1. The van der Waals surface area contributed by atoms with Crippen LogP contribution < -0.4 is 5.32 Å². The summed E-state index contributed by atoms with van der Waals surface area (Å²) < 4.78 is 0. The van der Waals surface area contributed by atoms with Crippen molar-refractivity contribution in [2.45, 2.75) is 38.6 Å². The van der Waals surface area contributed by atoms with E-state index in [1.165, 1.54) is 6.92 Å². The van der Waals surface area contributed by atoms with Crippen molar-refractivity contribution in [2.75, 3.05) is 0 Å². The number of hydrogen-bond donors (Lipinski definition) is 3. The summed E-state index contributed by atoms with van der Waals surface area (Å²) in [6.07, 6.45) is 1.06. The Morgan fingerprint density at radius 1 is 1.13 bits per heavy atom. The van der Waals surface area contributed by atoms with E-state index in [2.05, 4.69) is 5.32 Å². The molecule has 86 valence electrons. The lowest BCUT2D eigenvalue weighted by atomic mass is 10.2. The topological polar surface area (TPSA) is 104 Å². The molecule has 0 aliphatic carbocycles. The van der Waals surface area contributed by atoms with Crippen molar-refractivity contribution in [1.82, 2.24) is 5.32 Å². The molecule has 0 aromatic rings. The number of aliphatic carboxylic acids is 2. The molecule has 1 amide bonds. The molecule has 0 heterocycles. The zero-order valence-electron chi connectivity index (χ0n) is 8.52. The van der Waals surface area contributed by atoms with Gasteiger partial charge in [-0.2, -0.15) is 0 Å². The van der Waals surface area contributed by atoms with E-state index in [-0.39, 0.29) is 18.7 Å². The first kappa shape index (κ1) is 13.4. The van der Waals surface area contributed by atoms with Crippen LogP contribution in [-0.4, -0.2) is 34.1 Å². The third-order valence-corrected chi connectivity index (χ3v) is 1.79. The second-order valence-electron chi connectivity index (χ2n) is 3.23. The minimum atomic E-state index is -1.09. The van der Waals surface area contributed by atoms with Crippen LogP contribution in [0.15, 0.2) is 0 Å². The fraction of sp³-hybridized carbons (Fsp3) is 0.667. The van der Waals surface area contributed by atoms with Gasteiger partial charge in [-0.05, 0) is 19.8 Å². The number of carboxylic acid groups (broad SMARTS) is 2. The van der Waals surface area contributed by atoms with Gasteiger partial charge in [0.1, 0.15) is 6.04 Å². The summed E-state index contributed by atoms with van der Waals surface area (Å²) >= 11 is 0. The van der Waals surface area contributed by atoms with Crippen LogP contribution in [0.2, 0.25) is 0 Å². The van der Waals surface area contributed by atoms with E-state index in [1.54, 1.807) is 0 Å². The van der Waals surface area contributed by atoms with Crippen molar-refractivity contribution in [3.63, 3.8) is 0 Å². The van der Waals surface area contributed by atoms with Gasteiger partial charge in [-0.15, -0.1) is 0 Å². The Morgan fingerprint density at radius 2 is 1.67 bits per heavy atom. The minimum absolute atomic E-state index is 0.0295. The molecule has 0 radical (unpaired) electrons. The first-order valence-electron chi connectivity index (χ1n) is 4.67. The second-order valence-corrected chi connectivity index (χ2v) is 3.23. The molecule has 0 aromatic heterocycles. The maximum Gasteiger partial charge on any atom is 0.325 e. The molecular formula is C9H15NO5. The fourth-order valence-corrected chi connectivity index (χ4v) is 0.937. The van der Waals surface area contributed by atoms with Crippen LogP contribution in [0.1, 0.15) is 32.6 Å². The van der Waals surface area contributed by atoms with Gasteiger partial charge in [0.15, 0.2) is 0 Å². The van der Waals surface area contributed by atoms with E-state index >= 15 is 0 Å².